The van der Waals surface area contributed by atoms with Crippen LogP contribution in [0.25, 0.3) is 0 Å². The van der Waals surface area contributed by atoms with E-state index in [0.717, 1.165) is 23.4 Å². The lowest BCUT2D eigenvalue weighted by Crippen LogP contribution is -2.32. The zero-order valence-electron chi connectivity index (χ0n) is 10.1. The second-order valence-corrected chi connectivity index (χ2v) is 4.50. The van der Waals surface area contributed by atoms with Crippen LogP contribution in [0.1, 0.15) is 12.5 Å². The summed E-state index contributed by atoms with van der Waals surface area (Å²) in [4.78, 5) is 11.0. The van der Waals surface area contributed by atoms with Crippen molar-refractivity contribution < 1.29 is 14.6 Å². The molecule has 0 spiro atoms. The first-order valence-electron chi connectivity index (χ1n) is 5.75. The molecule has 0 fully saturated rings. The Hall–Kier alpha value is -1.71. The molecule has 1 heterocycles. The van der Waals surface area contributed by atoms with Gasteiger partial charge in [0, 0.05) is 12.2 Å². The lowest BCUT2D eigenvalue weighted by Gasteiger charge is -2.28. The fraction of sp³-hybridized carbons (Fsp3) is 0.462. The predicted octanol–water partition coefficient (Wildman–Crippen LogP) is 2.00. The molecule has 1 aliphatic rings. The number of carboxylic acids is 1. The molecule has 0 aromatic heterocycles. The minimum absolute atomic E-state index is 0.132. The molecule has 0 radical (unpaired) electrons. The van der Waals surface area contributed by atoms with Crippen LogP contribution in [0.15, 0.2) is 18.2 Å². The largest absolute Gasteiger partial charge is 0.497 e. The summed E-state index contributed by atoms with van der Waals surface area (Å²) in [6, 6.07) is 5.87. The average Bonchev–Trinajstić information content (AvgIpc) is 2.36. The van der Waals surface area contributed by atoms with Crippen LogP contribution < -0.4 is 10.1 Å². The van der Waals surface area contributed by atoms with Crippen LogP contribution in [0.3, 0.4) is 0 Å². The maximum Gasteiger partial charge on any atom is 0.306 e. The second kappa shape index (κ2) is 4.65. The third-order valence-corrected chi connectivity index (χ3v) is 3.45. The van der Waals surface area contributed by atoms with Gasteiger partial charge in [-0.1, -0.05) is 6.92 Å². The molecule has 2 unspecified atom stereocenters. The zero-order chi connectivity index (χ0) is 12.4. The van der Waals surface area contributed by atoms with Gasteiger partial charge in [-0.2, -0.15) is 0 Å². The first-order chi connectivity index (χ1) is 8.11. The summed E-state index contributed by atoms with van der Waals surface area (Å²) in [5.74, 6) is -0.119. The molecule has 17 heavy (non-hydrogen) atoms. The van der Waals surface area contributed by atoms with Gasteiger partial charge in [0.2, 0.25) is 0 Å². The van der Waals surface area contributed by atoms with Crippen LogP contribution in [0.2, 0.25) is 0 Å². The number of aliphatic carboxylic acids is 1. The van der Waals surface area contributed by atoms with Crippen LogP contribution in [0.5, 0.6) is 5.75 Å². The van der Waals surface area contributed by atoms with Crippen LogP contribution >= 0.6 is 0 Å². The normalized spacial score (nSPS) is 20.0. The highest BCUT2D eigenvalue weighted by atomic mass is 16.5. The van der Waals surface area contributed by atoms with E-state index in [-0.39, 0.29) is 11.8 Å². The maximum atomic E-state index is 11.0. The Balaban J connectivity index is 2.19. The number of hydrogen-bond donors (Lipinski definition) is 2. The van der Waals surface area contributed by atoms with Gasteiger partial charge in [-0.25, -0.2) is 0 Å². The maximum absolute atomic E-state index is 11.0. The Bertz CT molecular complexity index is 431. The number of carbonyl (C=O) groups is 1. The van der Waals surface area contributed by atoms with Crippen molar-refractivity contribution in [2.75, 3.05) is 19.0 Å². The molecule has 4 nitrogen and oxygen atoms in total. The highest BCUT2D eigenvalue weighted by Gasteiger charge is 2.27. The standard InChI is InChI=1S/C13H17NO3/c1-8(13(15)16)10-5-9-6-11(17-2)3-4-12(9)14-7-10/h3-4,6,8,10,14H,5,7H2,1-2H3,(H,15,16). The quantitative estimate of drug-likeness (QED) is 0.841. The summed E-state index contributed by atoms with van der Waals surface area (Å²) >= 11 is 0. The Kier molecular flexibility index (Phi) is 3.22. The molecule has 0 saturated heterocycles. The summed E-state index contributed by atoms with van der Waals surface area (Å²) in [6.07, 6.45) is 0.785. The molecule has 1 aliphatic heterocycles. The number of ether oxygens (including phenoxy) is 1. The van der Waals surface area contributed by atoms with Crippen molar-refractivity contribution in [2.45, 2.75) is 13.3 Å². The van der Waals surface area contributed by atoms with E-state index in [0.29, 0.717) is 6.54 Å². The fourth-order valence-corrected chi connectivity index (χ4v) is 2.19. The molecule has 0 amide bonds. The number of rotatable bonds is 3. The Morgan fingerprint density at radius 1 is 1.59 bits per heavy atom. The van der Waals surface area contributed by atoms with Crippen LogP contribution in [0.4, 0.5) is 5.69 Å². The van der Waals surface area contributed by atoms with E-state index in [1.807, 2.05) is 18.2 Å². The van der Waals surface area contributed by atoms with Gasteiger partial charge in [0.1, 0.15) is 5.75 Å². The molecule has 1 aromatic rings. The molecule has 2 rings (SSSR count). The molecular formula is C13H17NO3. The van der Waals surface area contributed by atoms with E-state index in [9.17, 15) is 4.79 Å². The van der Waals surface area contributed by atoms with Crippen molar-refractivity contribution in [3.05, 3.63) is 23.8 Å². The number of methoxy groups -OCH3 is 1. The van der Waals surface area contributed by atoms with Crippen LogP contribution in [-0.2, 0) is 11.2 Å². The van der Waals surface area contributed by atoms with Crippen molar-refractivity contribution in [3.63, 3.8) is 0 Å². The lowest BCUT2D eigenvalue weighted by atomic mass is 9.85. The third-order valence-electron chi connectivity index (χ3n) is 3.45. The Labute approximate surface area is 101 Å². The Morgan fingerprint density at radius 3 is 3.00 bits per heavy atom. The summed E-state index contributed by atoms with van der Waals surface area (Å²) in [5.41, 5.74) is 2.22. The van der Waals surface area contributed by atoms with Crippen molar-refractivity contribution in [2.24, 2.45) is 11.8 Å². The van der Waals surface area contributed by atoms with Crippen molar-refractivity contribution in [3.8, 4) is 5.75 Å². The molecular weight excluding hydrogens is 218 g/mol. The molecule has 0 saturated carbocycles. The first-order valence-corrected chi connectivity index (χ1v) is 5.75. The van der Waals surface area contributed by atoms with Gasteiger partial charge < -0.3 is 15.2 Å². The van der Waals surface area contributed by atoms with Gasteiger partial charge in [-0.15, -0.1) is 0 Å². The van der Waals surface area contributed by atoms with Crippen molar-refractivity contribution >= 4 is 11.7 Å². The summed E-state index contributed by atoms with van der Waals surface area (Å²) in [5, 5.41) is 12.3. The first kappa shape index (κ1) is 11.8. The van der Waals surface area contributed by atoms with Gasteiger partial charge in [-0.3, -0.25) is 4.79 Å². The minimum atomic E-state index is -0.733. The van der Waals surface area contributed by atoms with Gasteiger partial charge in [0.25, 0.3) is 0 Å². The van der Waals surface area contributed by atoms with Crippen molar-refractivity contribution in [1.82, 2.24) is 0 Å². The van der Waals surface area contributed by atoms with E-state index in [4.69, 9.17) is 9.84 Å². The highest BCUT2D eigenvalue weighted by Crippen LogP contribution is 2.31. The number of benzene rings is 1. The molecule has 0 aliphatic carbocycles. The topological polar surface area (TPSA) is 58.6 Å². The molecule has 2 atom stereocenters. The van der Waals surface area contributed by atoms with E-state index < -0.39 is 5.97 Å². The van der Waals surface area contributed by atoms with Gasteiger partial charge >= 0.3 is 5.97 Å². The zero-order valence-corrected chi connectivity index (χ0v) is 10.1. The van der Waals surface area contributed by atoms with Gasteiger partial charge in [0.15, 0.2) is 0 Å². The molecule has 1 aromatic carbocycles. The predicted molar refractivity (Wildman–Crippen MR) is 65.5 cm³/mol. The van der Waals surface area contributed by atoms with Crippen molar-refractivity contribution in [1.29, 1.82) is 0 Å². The number of hydrogen-bond acceptors (Lipinski definition) is 3. The van der Waals surface area contributed by atoms with Gasteiger partial charge in [-0.05, 0) is 36.1 Å². The number of anilines is 1. The van der Waals surface area contributed by atoms with E-state index in [2.05, 4.69) is 5.32 Å². The van der Waals surface area contributed by atoms with E-state index in [1.54, 1.807) is 14.0 Å². The van der Waals surface area contributed by atoms with Crippen LogP contribution in [-0.4, -0.2) is 24.7 Å². The van der Waals surface area contributed by atoms with Gasteiger partial charge in [0.05, 0.1) is 13.0 Å². The molecule has 4 heteroatoms. The highest BCUT2D eigenvalue weighted by molar-refractivity contribution is 5.70. The summed E-state index contributed by atoms with van der Waals surface area (Å²) in [6.45, 7) is 2.48. The number of fused-ring (bicyclic) bond motifs is 1. The second-order valence-electron chi connectivity index (χ2n) is 4.50. The molecule has 2 N–H and O–H groups in total. The monoisotopic (exact) mass is 235 g/mol. The van der Waals surface area contributed by atoms with Crippen LogP contribution in [0, 0.1) is 11.8 Å². The minimum Gasteiger partial charge on any atom is -0.497 e. The lowest BCUT2D eigenvalue weighted by molar-refractivity contribution is -0.142. The summed E-state index contributed by atoms with van der Waals surface area (Å²) < 4.78 is 5.18. The number of nitrogens with one attached hydrogen (secondary N) is 1. The number of carboxylic acid groups (broad SMARTS) is 1. The smallest absolute Gasteiger partial charge is 0.306 e. The van der Waals surface area contributed by atoms with E-state index in [1.165, 1.54) is 0 Å². The third kappa shape index (κ3) is 2.35. The fourth-order valence-electron chi connectivity index (χ4n) is 2.19. The SMILES string of the molecule is COc1ccc2c(c1)CC(C(C)C(=O)O)CN2. The van der Waals surface area contributed by atoms with E-state index >= 15 is 0 Å². The average molecular weight is 235 g/mol. The molecule has 92 valence electrons. The summed E-state index contributed by atoms with van der Waals surface area (Å²) in [7, 11) is 1.63. The Morgan fingerprint density at radius 2 is 2.35 bits per heavy atom. The molecule has 0 bridgehead atoms.